The Morgan fingerprint density at radius 3 is 1.89 bits per heavy atom. The molecule has 0 N–H and O–H groups in total. The van der Waals surface area contributed by atoms with Crippen molar-refractivity contribution < 1.29 is 0 Å². The fourth-order valence-corrected chi connectivity index (χ4v) is 2.85. The minimum absolute atomic E-state index is 0.818. The highest BCUT2D eigenvalue weighted by molar-refractivity contribution is 5.65. The Balaban J connectivity index is 1.92. The molecule has 1 fully saturated rings. The van der Waals surface area contributed by atoms with Crippen molar-refractivity contribution >= 4 is 0 Å². The number of rotatable bonds is 2. The average molecular weight is 236 g/mol. The molecule has 0 aromatic heterocycles. The van der Waals surface area contributed by atoms with Gasteiger partial charge in [-0.3, -0.25) is 0 Å². The molecule has 2 atom stereocenters. The zero-order valence-corrected chi connectivity index (χ0v) is 11.4. The molecule has 0 nitrogen and oxygen atoms in total. The van der Waals surface area contributed by atoms with E-state index >= 15 is 0 Å². The highest BCUT2D eigenvalue weighted by atomic mass is 14.4. The van der Waals surface area contributed by atoms with E-state index in [1.54, 1.807) is 0 Å². The van der Waals surface area contributed by atoms with E-state index < -0.39 is 0 Å². The van der Waals surface area contributed by atoms with Gasteiger partial charge in [0.1, 0.15) is 0 Å². The Kier molecular flexibility index (Phi) is 2.74. The minimum atomic E-state index is 0.818. The first kappa shape index (κ1) is 11.5. The van der Waals surface area contributed by atoms with Gasteiger partial charge in [-0.05, 0) is 48.8 Å². The summed E-state index contributed by atoms with van der Waals surface area (Å²) in [6, 6.07) is 15.9. The van der Waals surface area contributed by atoms with E-state index in [0.717, 1.165) is 11.8 Å². The highest BCUT2D eigenvalue weighted by Gasteiger charge is 2.33. The van der Waals surface area contributed by atoms with Gasteiger partial charge in [-0.2, -0.15) is 0 Å². The van der Waals surface area contributed by atoms with Crippen LogP contribution in [-0.2, 0) is 0 Å². The molecule has 2 aromatic rings. The van der Waals surface area contributed by atoms with Crippen LogP contribution in [0.3, 0.4) is 0 Å². The molecule has 18 heavy (non-hydrogen) atoms. The normalized spacial score (nSPS) is 21.9. The van der Waals surface area contributed by atoms with Crippen molar-refractivity contribution in [2.24, 2.45) is 5.92 Å². The van der Waals surface area contributed by atoms with E-state index in [-0.39, 0.29) is 0 Å². The lowest BCUT2D eigenvalue weighted by Crippen LogP contribution is -1.85. The lowest BCUT2D eigenvalue weighted by atomic mass is 9.99. The molecular formula is C18H20. The molecule has 1 aliphatic rings. The summed E-state index contributed by atoms with van der Waals surface area (Å²) >= 11 is 0. The van der Waals surface area contributed by atoms with Crippen LogP contribution in [0.4, 0.5) is 0 Å². The van der Waals surface area contributed by atoms with Crippen molar-refractivity contribution in [2.75, 3.05) is 0 Å². The molecule has 0 amide bonds. The Morgan fingerprint density at radius 1 is 0.833 bits per heavy atom. The number of hydrogen-bond donors (Lipinski definition) is 0. The summed E-state index contributed by atoms with van der Waals surface area (Å²) in [6.45, 7) is 6.66. The predicted molar refractivity (Wildman–Crippen MR) is 77.9 cm³/mol. The van der Waals surface area contributed by atoms with E-state index in [0.29, 0.717) is 0 Å². The second-order valence-corrected chi connectivity index (χ2v) is 5.82. The third-order valence-corrected chi connectivity index (χ3v) is 4.00. The van der Waals surface area contributed by atoms with Gasteiger partial charge < -0.3 is 0 Å². The predicted octanol–water partition coefficient (Wildman–Crippen LogP) is 5.09. The van der Waals surface area contributed by atoms with Crippen LogP contribution in [0, 0.1) is 19.8 Å². The van der Waals surface area contributed by atoms with E-state index in [9.17, 15) is 0 Å². The fraction of sp³-hybridized carbons (Fsp3) is 0.333. The Bertz CT molecular complexity index is 543. The molecule has 0 spiro atoms. The Morgan fingerprint density at radius 2 is 1.39 bits per heavy atom. The monoisotopic (exact) mass is 236 g/mol. The molecule has 0 aliphatic heterocycles. The lowest BCUT2D eigenvalue weighted by molar-refractivity contribution is 0.915. The van der Waals surface area contributed by atoms with Crippen LogP contribution in [0.1, 0.15) is 36.0 Å². The largest absolute Gasteiger partial charge is 0.0619 e. The molecule has 1 saturated carbocycles. The maximum atomic E-state index is 2.34. The molecule has 0 saturated heterocycles. The third kappa shape index (κ3) is 2.20. The summed E-state index contributed by atoms with van der Waals surface area (Å²) in [7, 11) is 0. The van der Waals surface area contributed by atoms with Gasteiger partial charge in [-0.15, -0.1) is 0 Å². The zero-order chi connectivity index (χ0) is 12.7. The van der Waals surface area contributed by atoms with E-state index in [1.807, 2.05) is 0 Å². The zero-order valence-electron chi connectivity index (χ0n) is 11.4. The van der Waals surface area contributed by atoms with Crippen molar-refractivity contribution in [1.29, 1.82) is 0 Å². The molecule has 3 rings (SSSR count). The van der Waals surface area contributed by atoms with Gasteiger partial charge in [-0.1, -0.05) is 60.5 Å². The minimum Gasteiger partial charge on any atom is -0.0619 e. The van der Waals surface area contributed by atoms with Gasteiger partial charge in [0.15, 0.2) is 0 Å². The van der Waals surface area contributed by atoms with Crippen LogP contribution in [-0.4, -0.2) is 0 Å². The topological polar surface area (TPSA) is 0 Å². The highest BCUT2D eigenvalue weighted by Crippen LogP contribution is 2.47. The van der Waals surface area contributed by atoms with Crippen molar-refractivity contribution in [3.05, 3.63) is 59.2 Å². The van der Waals surface area contributed by atoms with Gasteiger partial charge in [0.25, 0.3) is 0 Å². The maximum absolute atomic E-state index is 2.34. The summed E-state index contributed by atoms with van der Waals surface area (Å²) in [5.74, 6) is 1.70. The SMILES string of the molecule is Cc1cc(C)cc(-c2ccc([C@@H]3CC3C)cc2)c1. The van der Waals surface area contributed by atoms with E-state index in [4.69, 9.17) is 0 Å². The first-order valence-corrected chi connectivity index (χ1v) is 6.82. The number of benzene rings is 2. The molecule has 1 aliphatic carbocycles. The van der Waals surface area contributed by atoms with Crippen molar-refractivity contribution in [2.45, 2.75) is 33.1 Å². The standard InChI is InChI=1S/C18H20/c1-12-8-13(2)10-17(9-12)15-4-6-16(7-5-15)18-11-14(18)3/h4-10,14,18H,11H2,1-3H3/t14?,18-/m1/s1. The second kappa shape index (κ2) is 4.28. The quantitative estimate of drug-likeness (QED) is 0.681. The second-order valence-electron chi connectivity index (χ2n) is 5.82. The van der Waals surface area contributed by atoms with Crippen LogP contribution < -0.4 is 0 Å². The molecule has 1 unspecified atom stereocenters. The fourth-order valence-electron chi connectivity index (χ4n) is 2.85. The molecule has 2 aromatic carbocycles. The number of hydrogen-bond acceptors (Lipinski definition) is 0. The molecule has 0 bridgehead atoms. The maximum Gasteiger partial charge on any atom is -0.0133 e. The van der Waals surface area contributed by atoms with Crippen LogP contribution in [0.2, 0.25) is 0 Å². The summed E-state index contributed by atoms with van der Waals surface area (Å²) in [6.07, 6.45) is 1.36. The van der Waals surface area contributed by atoms with Crippen molar-refractivity contribution in [1.82, 2.24) is 0 Å². The Hall–Kier alpha value is -1.56. The molecule has 0 radical (unpaired) electrons. The van der Waals surface area contributed by atoms with Gasteiger partial charge in [0.2, 0.25) is 0 Å². The molecule has 92 valence electrons. The summed E-state index contributed by atoms with van der Waals surface area (Å²) < 4.78 is 0. The summed E-state index contributed by atoms with van der Waals surface area (Å²) in [4.78, 5) is 0. The van der Waals surface area contributed by atoms with Gasteiger partial charge >= 0.3 is 0 Å². The average Bonchev–Trinajstić information content (AvgIpc) is 3.05. The summed E-state index contributed by atoms with van der Waals surface area (Å²) in [5.41, 5.74) is 6.85. The van der Waals surface area contributed by atoms with Gasteiger partial charge in [-0.25, -0.2) is 0 Å². The van der Waals surface area contributed by atoms with Crippen molar-refractivity contribution in [3.8, 4) is 11.1 Å². The van der Waals surface area contributed by atoms with Crippen LogP contribution in [0.5, 0.6) is 0 Å². The first-order chi connectivity index (χ1) is 8.63. The smallest absolute Gasteiger partial charge is 0.0133 e. The lowest BCUT2D eigenvalue weighted by Gasteiger charge is -2.06. The third-order valence-electron chi connectivity index (χ3n) is 4.00. The van der Waals surface area contributed by atoms with Gasteiger partial charge in [0, 0.05) is 0 Å². The summed E-state index contributed by atoms with van der Waals surface area (Å²) in [5, 5.41) is 0. The van der Waals surface area contributed by atoms with E-state index in [1.165, 1.54) is 34.2 Å². The van der Waals surface area contributed by atoms with Crippen LogP contribution in [0.25, 0.3) is 11.1 Å². The van der Waals surface area contributed by atoms with Crippen LogP contribution >= 0.6 is 0 Å². The first-order valence-electron chi connectivity index (χ1n) is 6.82. The number of aryl methyl sites for hydroxylation is 2. The molecular weight excluding hydrogens is 216 g/mol. The van der Waals surface area contributed by atoms with Gasteiger partial charge in [0.05, 0.1) is 0 Å². The molecule has 0 heteroatoms. The van der Waals surface area contributed by atoms with E-state index in [2.05, 4.69) is 63.2 Å². The molecule has 0 heterocycles. The van der Waals surface area contributed by atoms with Crippen molar-refractivity contribution in [3.63, 3.8) is 0 Å². The van der Waals surface area contributed by atoms with Crippen LogP contribution in [0.15, 0.2) is 42.5 Å². The Labute approximate surface area is 110 Å².